The van der Waals surface area contributed by atoms with Gasteiger partial charge >= 0.3 is 0 Å². The Labute approximate surface area is 106 Å². The maximum Gasteiger partial charge on any atom is 0.233 e. The van der Waals surface area contributed by atoms with Crippen molar-refractivity contribution in [1.29, 1.82) is 0 Å². The van der Waals surface area contributed by atoms with Crippen LogP contribution in [-0.4, -0.2) is 31.3 Å². The third-order valence-corrected chi connectivity index (χ3v) is 3.52. The van der Waals surface area contributed by atoms with E-state index in [0.717, 1.165) is 10.6 Å². The lowest BCUT2D eigenvalue weighted by Gasteiger charge is -2.22. The minimum absolute atomic E-state index is 0.196. The molecule has 0 bridgehead atoms. The third kappa shape index (κ3) is 3.55. The van der Waals surface area contributed by atoms with Gasteiger partial charge in [0.05, 0.1) is 12.9 Å². The van der Waals surface area contributed by atoms with Gasteiger partial charge in [-0.05, 0) is 18.6 Å². The zero-order chi connectivity index (χ0) is 13.1. The lowest BCUT2D eigenvalue weighted by Crippen LogP contribution is -2.32. The molecule has 0 radical (unpaired) electrons. The van der Waals surface area contributed by atoms with Crippen LogP contribution in [0.3, 0.4) is 0 Å². The number of nitrogens with zero attached hydrogens (tertiary/aromatic N) is 2. The molecule has 1 heterocycles. The first kappa shape index (κ1) is 14.2. The average molecular weight is 279 g/mol. The quantitative estimate of drug-likeness (QED) is 0.827. The number of halogens is 1. The summed E-state index contributed by atoms with van der Waals surface area (Å²) in [6, 6.07) is 3.08. The number of sulfonamides is 1. The molecular formula is C10H15ClN2O3S. The molecule has 17 heavy (non-hydrogen) atoms. The van der Waals surface area contributed by atoms with Gasteiger partial charge in [-0.25, -0.2) is 13.4 Å². The predicted octanol–water partition coefficient (Wildman–Crippen LogP) is 1.40. The molecule has 7 heteroatoms. The monoisotopic (exact) mass is 278 g/mol. The molecule has 96 valence electrons. The molecule has 0 fully saturated rings. The van der Waals surface area contributed by atoms with Crippen LogP contribution in [-0.2, 0) is 16.6 Å². The molecule has 0 saturated heterocycles. The van der Waals surface area contributed by atoms with E-state index in [0.29, 0.717) is 18.5 Å². The molecule has 1 rings (SSSR count). The van der Waals surface area contributed by atoms with Crippen LogP contribution >= 0.6 is 11.6 Å². The minimum atomic E-state index is -3.43. The highest BCUT2D eigenvalue weighted by atomic mass is 35.5. The Bertz CT molecular complexity index is 490. The summed E-state index contributed by atoms with van der Waals surface area (Å²) in [5.74, 6) is 0.198. The molecule has 0 spiro atoms. The van der Waals surface area contributed by atoms with Crippen molar-refractivity contribution in [3.8, 4) is 0 Å². The minimum Gasteiger partial charge on any atom is -0.392 e. The fraction of sp³-hybridized carbons (Fsp3) is 0.500. The largest absolute Gasteiger partial charge is 0.392 e. The molecule has 0 aromatic carbocycles. The van der Waals surface area contributed by atoms with E-state index in [4.69, 9.17) is 11.6 Å². The van der Waals surface area contributed by atoms with E-state index in [-0.39, 0.29) is 17.6 Å². The van der Waals surface area contributed by atoms with Crippen LogP contribution < -0.4 is 4.31 Å². The maximum absolute atomic E-state index is 11.7. The second kappa shape index (κ2) is 5.66. The van der Waals surface area contributed by atoms with E-state index in [1.54, 1.807) is 6.07 Å². The molecule has 0 saturated carbocycles. The van der Waals surface area contributed by atoms with E-state index in [1.807, 2.05) is 6.92 Å². The number of aliphatic hydroxyl groups is 1. The summed E-state index contributed by atoms with van der Waals surface area (Å²) < 4.78 is 24.5. The van der Waals surface area contributed by atoms with Gasteiger partial charge in [0.25, 0.3) is 0 Å². The van der Waals surface area contributed by atoms with Gasteiger partial charge < -0.3 is 5.11 Å². The Kier molecular flexibility index (Phi) is 4.73. The summed E-state index contributed by atoms with van der Waals surface area (Å²) in [7, 11) is -3.43. The molecule has 0 aliphatic heterocycles. The van der Waals surface area contributed by atoms with Crippen LogP contribution in [0.1, 0.15) is 18.9 Å². The van der Waals surface area contributed by atoms with Crippen LogP contribution in [0, 0.1) is 0 Å². The molecule has 5 nitrogen and oxygen atoms in total. The van der Waals surface area contributed by atoms with Crippen LogP contribution in [0.5, 0.6) is 0 Å². The van der Waals surface area contributed by atoms with Gasteiger partial charge in [0.15, 0.2) is 0 Å². The zero-order valence-electron chi connectivity index (χ0n) is 9.72. The molecule has 0 aliphatic rings. The third-order valence-electron chi connectivity index (χ3n) is 2.16. The van der Waals surface area contributed by atoms with Crippen LogP contribution in [0.2, 0.25) is 5.15 Å². The molecule has 1 aromatic heterocycles. The lowest BCUT2D eigenvalue weighted by atomic mass is 10.2. The van der Waals surface area contributed by atoms with Gasteiger partial charge in [-0.3, -0.25) is 4.31 Å². The Hall–Kier alpha value is -0.850. The van der Waals surface area contributed by atoms with Crippen molar-refractivity contribution in [2.24, 2.45) is 0 Å². The molecule has 0 atom stereocenters. The zero-order valence-corrected chi connectivity index (χ0v) is 11.3. The number of pyridine rings is 1. The normalized spacial score (nSPS) is 11.5. The van der Waals surface area contributed by atoms with Crippen molar-refractivity contribution in [3.05, 3.63) is 22.8 Å². The summed E-state index contributed by atoms with van der Waals surface area (Å²) in [5, 5.41) is 9.38. The topological polar surface area (TPSA) is 70.5 Å². The van der Waals surface area contributed by atoms with Gasteiger partial charge in [-0.1, -0.05) is 18.5 Å². The van der Waals surface area contributed by atoms with Gasteiger partial charge in [0.2, 0.25) is 10.0 Å². The predicted molar refractivity (Wildman–Crippen MR) is 67.7 cm³/mol. The SMILES string of the molecule is CCCN(c1nc(Cl)ccc1CO)S(C)(=O)=O. The smallest absolute Gasteiger partial charge is 0.233 e. The Balaban J connectivity index is 3.31. The van der Waals surface area contributed by atoms with Crippen molar-refractivity contribution in [3.63, 3.8) is 0 Å². The number of aromatic nitrogens is 1. The highest BCUT2D eigenvalue weighted by molar-refractivity contribution is 7.92. The van der Waals surface area contributed by atoms with Crippen molar-refractivity contribution >= 4 is 27.4 Å². The molecule has 0 amide bonds. The first-order valence-corrected chi connectivity index (χ1v) is 7.36. The fourth-order valence-electron chi connectivity index (χ4n) is 1.43. The molecule has 0 aliphatic carbocycles. The summed E-state index contributed by atoms with van der Waals surface area (Å²) in [6.07, 6.45) is 1.75. The van der Waals surface area contributed by atoms with E-state index in [2.05, 4.69) is 4.98 Å². The summed E-state index contributed by atoms with van der Waals surface area (Å²) in [4.78, 5) is 3.98. The first-order valence-electron chi connectivity index (χ1n) is 5.14. The van der Waals surface area contributed by atoms with E-state index < -0.39 is 10.0 Å². The second-order valence-corrected chi connectivity index (χ2v) is 5.90. The Morgan fingerprint density at radius 2 is 2.12 bits per heavy atom. The van der Waals surface area contributed by atoms with Gasteiger partial charge in [0.1, 0.15) is 11.0 Å². The summed E-state index contributed by atoms with van der Waals surface area (Å²) >= 11 is 5.75. The van der Waals surface area contributed by atoms with Crippen molar-refractivity contribution < 1.29 is 13.5 Å². The highest BCUT2D eigenvalue weighted by Crippen LogP contribution is 2.23. The van der Waals surface area contributed by atoms with Crippen LogP contribution in [0.4, 0.5) is 5.82 Å². The second-order valence-electron chi connectivity index (χ2n) is 3.61. The van der Waals surface area contributed by atoms with Gasteiger partial charge in [-0.15, -0.1) is 0 Å². The number of anilines is 1. The Morgan fingerprint density at radius 1 is 1.47 bits per heavy atom. The van der Waals surface area contributed by atoms with Crippen molar-refractivity contribution in [1.82, 2.24) is 4.98 Å². The average Bonchev–Trinajstić information content (AvgIpc) is 2.24. The number of rotatable bonds is 5. The van der Waals surface area contributed by atoms with E-state index in [9.17, 15) is 13.5 Å². The highest BCUT2D eigenvalue weighted by Gasteiger charge is 2.21. The molecule has 1 aromatic rings. The molecule has 1 N–H and O–H groups in total. The van der Waals surface area contributed by atoms with Gasteiger partial charge in [-0.2, -0.15) is 0 Å². The summed E-state index contributed by atoms with van der Waals surface area (Å²) in [5.41, 5.74) is 0.438. The van der Waals surface area contributed by atoms with Crippen LogP contribution in [0.25, 0.3) is 0 Å². The summed E-state index contributed by atoms with van der Waals surface area (Å²) in [6.45, 7) is 1.88. The lowest BCUT2D eigenvalue weighted by molar-refractivity contribution is 0.282. The van der Waals surface area contributed by atoms with Crippen LogP contribution in [0.15, 0.2) is 12.1 Å². The number of hydrogen-bond donors (Lipinski definition) is 1. The fourth-order valence-corrected chi connectivity index (χ4v) is 2.55. The molecule has 0 unspecified atom stereocenters. The molecular weight excluding hydrogens is 264 g/mol. The van der Waals surface area contributed by atoms with Gasteiger partial charge in [0, 0.05) is 12.1 Å². The number of hydrogen-bond acceptors (Lipinski definition) is 4. The van der Waals surface area contributed by atoms with Crippen molar-refractivity contribution in [2.75, 3.05) is 17.1 Å². The van der Waals surface area contributed by atoms with E-state index in [1.165, 1.54) is 6.07 Å². The standard InChI is InChI=1S/C10H15ClN2O3S/c1-3-6-13(17(2,15)16)10-8(7-14)4-5-9(11)12-10/h4-5,14H,3,6-7H2,1-2H3. The maximum atomic E-state index is 11.7. The van der Waals surface area contributed by atoms with Crippen molar-refractivity contribution in [2.45, 2.75) is 20.0 Å². The Morgan fingerprint density at radius 3 is 2.59 bits per heavy atom. The first-order chi connectivity index (χ1) is 7.90. The van der Waals surface area contributed by atoms with E-state index >= 15 is 0 Å². The number of aliphatic hydroxyl groups excluding tert-OH is 1.